The summed E-state index contributed by atoms with van der Waals surface area (Å²) in [5, 5.41) is 44.9. The van der Waals surface area contributed by atoms with Gasteiger partial charge in [0.2, 0.25) is 65.0 Å². The van der Waals surface area contributed by atoms with Crippen molar-refractivity contribution in [3.05, 3.63) is 12.2 Å². The van der Waals surface area contributed by atoms with Gasteiger partial charge in [-0.05, 0) is 102 Å². The molecule has 25 nitrogen and oxygen atoms in total. The molecule has 1 aliphatic heterocycles. The Morgan fingerprint density at radius 2 is 0.886 bits per heavy atom. The molecule has 1 saturated heterocycles. The van der Waals surface area contributed by atoms with Crippen LogP contribution in [0.4, 0.5) is 0 Å². The van der Waals surface area contributed by atoms with E-state index in [1.54, 1.807) is 60.6 Å². The largest absolute Gasteiger partial charge is 0.394 e. The number of rotatable bonds is 16. The Bertz CT molecular complexity index is 2430. The van der Waals surface area contributed by atoms with Crippen molar-refractivity contribution in [1.82, 2.24) is 55.6 Å². The van der Waals surface area contributed by atoms with Gasteiger partial charge in [-0.1, -0.05) is 95.2 Å². The third kappa shape index (κ3) is 21.8. The second-order valence-electron chi connectivity index (χ2n) is 26.9. The van der Waals surface area contributed by atoms with Crippen molar-refractivity contribution in [2.24, 2.45) is 35.5 Å². The molecule has 1 fully saturated rings. The van der Waals surface area contributed by atoms with Gasteiger partial charge >= 0.3 is 0 Å². The fraction of sp³-hybridized carbons (Fsp3) is 0.794. The van der Waals surface area contributed by atoms with E-state index in [1.807, 2.05) is 41.5 Å². The average molecular weight is 1250 g/mol. The summed E-state index contributed by atoms with van der Waals surface area (Å²) in [6.45, 7) is 27.4. The van der Waals surface area contributed by atoms with Crippen LogP contribution >= 0.6 is 0 Å². The summed E-state index contributed by atoms with van der Waals surface area (Å²) in [6, 6.07) is -15.1. The Labute approximate surface area is 524 Å². The minimum Gasteiger partial charge on any atom is -0.394 e. The van der Waals surface area contributed by atoms with Gasteiger partial charge in [-0.15, -0.1) is 0 Å². The van der Waals surface area contributed by atoms with Crippen LogP contribution in [0.5, 0.6) is 0 Å². The number of hydrogen-bond donors (Lipinski definition) is 7. The molecule has 13 atom stereocenters. The fourth-order valence-corrected chi connectivity index (χ4v) is 11.0. The molecular weight excluding hydrogens is 1130 g/mol. The van der Waals surface area contributed by atoms with Crippen LogP contribution < -0.4 is 21.3 Å². The van der Waals surface area contributed by atoms with Gasteiger partial charge in [-0.3, -0.25) is 52.7 Å². The van der Waals surface area contributed by atoms with Crippen molar-refractivity contribution in [1.29, 1.82) is 0 Å². The van der Waals surface area contributed by atoms with Gasteiger partial charge in [-0.25, -0.2) is 0 Å². The number of amides is 11. The van der Waals surface area contributed by atoms with Crippen LogP contribution in [0.15, 0.2) is 12.2 Å². The molecule has 11 amide bonds. The number of hydrogen-bond acceptors (Lipinski definition) is 14. The van der Waals surface area contributed by atoms with E-state index in [4.69, 9.17) is 0 Å². The molecule has 1 unspecified atom stereocenters. The van der Waals surface area contributed by atoms with Crippen molar-refractivity contribution in [3.63, 3.8) is 0 Å². The summed E-state index contributed by atoms with van der Waals surface area (Å²) in [7, 11) is 9.40. The molecule has 504 valence electrons. The van der Waals surface area contributed by atoms with Crippen LogP contribution in [0.25, 0.3) is 0 Å². The van der Waals surface area contributed by atoms with Gasteiger partial charge in [-0.2, -0.15) is 0 Å². The maximum atomic E-state index is 15.2. The van der Waals surface area contributed by atoms with Crippen molar-refractivity contribution in [3.8, 4) is 0 Å². The highest BCUT2D eigenvalue weighted by molar-refractivity contribution is 6.00. The molecule has 0 spiro atoms. The molecule has 88 heavy (non-hydrogen) atoms. The summed E-state index contributed by atoms with van der Waals surface area (Å²) < 4.78 is 0. The monoisotopic (exact) mass is 1250 g/mol. The van der Waals surface area contributed by atoms with E-state index in [2.05, 4.69) is 21.3 Å². The molecule has 0 saturated carbocycles. The molecule has 0 aliphatic carbocycles. The number of likely N-dealkylation sites (N-methyl/N-ethyl adjacent to an activating group) is 7. The first-order chi connectivity index (χ1) is 40.5. The minimum absolute atomic E-state index is 0.0987. The van der Waals surface area contributed by atoms with Crippen LogP contribution in [0.2, 0.25) is 0 Å². The molecule has 7 N–H and O–H groups in total. The Hall–Kier alpha value is -6.21. The van der Waals surface area contributed by atoms with Gasteiger partial charge in [0, 0.05) is 55.8 Å². The summed E-state index contributed by atoms with van der Waals surface area (Å²) in [5.41, 5.74) is -1.62. The van der Waals surface area contributed by atoms with E-state index in [9.17, 15) is 58.5 Å². The Morgan fingerprint density at radius 1 is 0.477 bits per heavy atom. The molecule has 1 aliphatic rings. The second kappa shape index (κ2) is 35.3. The maximum Gasteiger partial charge on any atom is 0.248 e. The highest BCUT2D eigenvalue weighted by Crippen LogP contribution is 2.26. The third-order valence-corrected chi connectivity index (χ3v) is 16.6. The van der Waals surface area contributed by atoms with Crippen LogP contribution in [-0.2, 0) is 52.7 Å². The SMILES string of the molecule is C/C=C/C[C@@H](C)[C@@H](O)[C@H]1C(=O)N[C@@H](CC)C(=O)N(C)C(CO)C(=O)N(C)[C@@H](CC(C)(C)O)C(=O)N[C@@H](C(C)C)C(=O)N(C)[C@@H](CC(C)C)C(=O)N[C@@H](C)C(=O)N[C@H](C)C(=O)N(C)[C@@H](CC(C)C)C(=O)N(C)[C@@H](CC(C)C)C(=O)N(C)[C@@H](C(C)C)C(=O)N1C. The first kappa shape index (κ1) is 79.8. The first-order valence-corrected chi connectivity index (χ1v) is 31.2. The summed E-state index contributed by atoms with van der Waals surface area (Å²) in [5.74, 6) is -11.1. The van der Waals surface area contributed by atoms with E-state index in [0.717, 1.165) is 19.6 Å². The number of allylic oxidation sites excluding steroid dienone is 2. The lowest BCUT2D eigenvalue weighted by Gasteiger charge is -2.41. The van der Waals surface area contributed by atoms with Crippen molar-refractivity contribution < 1.29 is 68.1 Å². The molecule has 0 aromatic carbocycles. The van der Waals surface area contributed by atoms with E-state index in [-0.39, 0.29) is 49.9 Å². The van der Waals surface area contributed by atoms with Crippen LogP contribution in [0, 0.1) is 35.5 Å². The zero-order valence-electron chi connectivity index (χ0n) is 57.5. The van der Waals surface area contributed by atoms with Crippen molar-refractivity contribution >= 4 is 65.0 Å². The number of aliphatic hydroxyl groups is 3. The smallest absolute Gasteiger partial charge is 0.248 e. The van der Waals surface area contributed by atoms with E-state index in [1.165, 1.54) is 91.7 Å². The number of carbonyl (C=O) groups excluding carboxylic acids is 11. The van der Waals surface area contributed by atoms with Crippen molar-refractivity contribution in [2.45, 2.75) is 234 Å². The van der Waals surface area contributed by atoms with Gasteiger partial charge in [0.1, 0.15) is 66.5 Å². The zero-order valence-corrected chi connectivity index (χ0v) is 57.5. The topological polar surface area (TPSA) is 319 Å². The predicted molar refractivity (Wildman–Crippen MR) is 336 cm³/mol. The van der Waals surface area contributed by atoms with Crippen LogP contribution in [0.3, 0.4) is 0 Å². The molecule has 0 bridgehead atoms. The minimum atomic E-state index is -1.70. The lowest BCUT2D eigenvalue weighted by molar-refractivity contribution is -0.157. The van der Waals surface area contributed by atoms with Crippen molar-refractivity contribution in [2.75, 3.05) is 55.9 Å². The van der Waals surface area contributed by atoms with Gasteiger partial charge in [0.15, 0.2) is 0 Å². The first-order valence-electron chi connectivity index (χ1n) is 31.2. The molecule has 0 radical (unpaired) electrons. The highest BCUT2D eigenvalue weighted by atomic mass is 16.3. The highest BCUT2D eigenvalue weighted by Gasteiger charge is 2.46. The van der Waals surface area contributed by atoms with Gasteiger partial charge < -0.3 is 70.9 Å². The Kier molecular flexibility index (Phi) is 32.0. The zero-order chi connectivity index (χ0) is 68.5. The molecule has 0 aromatic heterocycles. The number of nitrogens with zero attached hydrogens (tertiary/aromatic N) is 7. The summed E-state index contributed by atoms with van der Waals surface area (Å²) in [4.78, 5) is 169. The molecule has 1 heterocycles. The molecule has 25 heteroatoms. The standard InChI is InChI=1S/C63H113N11O14/c1-25-27-28-39(13)51(76)50-55(80)66-42(26-2)57(82)72(22)47(33-75)60(85)71(21)46(32-63(16,17)88)54(79)67-48(37(9)10)61(86)68(18)43(29-34(3)4)53(78)64-40(14)52(77)65-41(15)56(81)69(19)44(30-35(5)6)58(83)70(20)45(31-36(7)8)59(84)73(23)49(38(11)12)62(87)74(50)24/h25,27,34-51,75-76,88H,26,28-33H2,1-24H3,(H,64,78)(H,65,77)(H,66,80)(H,67,79)/b27-25+/t39-,40+,41-,42+,43+,44+,45+,46+,47?,48+,49+,50+,51-/m1/s1. The average Bonchev–Trinajstić information content (AvgIpc) is 2.21. The number of nitrogens with one attached hydrogen (secondary N) is 4. The quantitative estimate of drug-likeness (QED) is 0.108. The molecular formula is C63H113N11O14. The normalized spacial score (nSPS) is 27.4. The fourth-order valence-electron chi connectivity index (χ4n) is 11.0. The molecule has 0 aromatic rings. The van der Waals surface area contributed by atoms with Gasteiger partial charge in [0.05, 0.1) is 18.3 Å². The predicted octanol–water partition coefficient (Wildman–Crippen LogP) is 1.74. The maximum absolute atomic E-state index is 15.2. The molecule has 1 rings (SSSR count). The number of aliphatic hydroxyl groups excluding tert-OH is 2. The van der Waals surface area contributed by atoms with Crippen LogP contribution in [0.1, 0.15) is 156 Å². The van der Waals surface area contributed by atoms with E-state index in [0.29, 0.717) is 0 Å². The van der Waals surface area contributed by atoms with E-state index < -0.39 is 174 Å². The Balaban J connectivity index is 4.45. The van der Waals surface area contributed by atoms with E-state index >= 15 is 9.59 Å². The second-order valence-corrected chi connectivity index (χ2v) is 26.9. The summed E-state index contributed by atoms with van der Waals surface area (Å²) in [6.07, 6.45) is 2.07. The Morgan fingerprint density at radius 3 is 1.33 bits per heavy atom. The number of carbonyl (C=O) groups is 11. The van der Waals surface area contributed by atoms with Crippen LogP contribution in [-0.4, -0.2) is 249 Å². The summed E-state index contributed by atoms with van der Waals surface area (Å²) >= 11 is 0. The lowest BCUT2D eigenvalue weighted by atomic mass is 9.91. The third-order valence-electron chi connectivity index (χ3n) is 16.6. The van der Waals surface area contributed by atoms with Gasteiger partial charge in [0.25, 0.3) is 0 Å². The lowest BCUT2D eigenvalue weighted by Crippen LogP contribution is -2.64.